The largest absolute Gasteiger partial charge is 0.399 e. The predicted molar refractivity (Wildman–Crippen MR) is 139 cm³/mol. The van der Waals surface area contributed by atoms with Crippen LogP contribution in [-0.4, -0.2) is 25.5 Å². The van der Waals surface area contributed by atoms with Gasteiger partial charge in [-0.25, -0.2) is 0 Å². The van der Waals surface area contributed by atoms with Gasteiger partial charge in [0.2, 0.25) is 0 Å². The van der Waals surface area contributed by atoms with Crippen LogP contribution in [0.5, 0.6) is 0 Å². The molecule has 1 aliphatic heterocycles. The Morgan fingerprint density at radius 1 is 0.794 bits per heavy atom. The number of rotatable bonds is 1. The van der Waals surface area contributed by atoms with Gasteiger partial charge in [-0.05, 0) is 115 Å². The Balaban J connectivity index is 1.38. The third kappa shape index (κ3) is 2.67. The van der Waals surface area contributed by atoms with Gasteiger partial charge in [-0.2, -0.15) is 0 Å². The first-order valence-electron chi connectivity index (χ1n) is 14.6. The number of fused-ring (bicyclic) bond motifs is 5. The van der Waals surface area contributed by atoms with E-state index in [1.807, 2.05) is 0 Å². The smallest absolute Gasteiger partial charge is 0.106 e. The van der Waals surface area contributed by atoms with Crippen LogP contribution in [0, 0.1) is 56.2 Å². The van der Waals surface area contributed by atoms with Gasteiger partial charge in [-0.15, -0.1) is 0 Å². The summed E-state index contributed by atoms with van der Waals surface area (Å²) in [6, 6.07) is 0. The lowest BCUT2D eigenvalue weighted by atomic mass is 9.31. The van der Waals surface area contributed by atoms with Crippen molar-refractivity contribution in [2.45, 2.75) is 119 Å². The molecule has 5 aliphatic carbocycles. The zero-order chi connectivity index (χ0) is 24.4. The molecule has 0 aromatic carbocycles. The van der Waals surface area contributed by atoms with Crippen LogP contribution in [-0.2, 0) is 9.57 Å². The highest BCUT2D eigenvalue weighted by molar-refractivity contribution is 5.90. The first-order chi connectivity index (χ1) is 15.9. The quantitative estimate of drug-likeness (QED) is 0.366. The summed E-state index contributed by atoms with van der Waals surface area (Å²) in [7, 11) is 1.72. The van der Waals surface area contributed by atoms with E-state index in [1.165, 1.54) is 63.5 Å². The lowest BCUT2D eigenvalue weighted by Gasteiger charge is -2.73. The summed E-state index contributed by atoms with van der Waals surface area (Å²) >= 11 is 0. The molecule has 34 heavy (non-hydrogen) atoms. The van der Waals surface area contributed by atoms with Crippen LogP contribution in [0.2, 0.25) is 0 Å². The Hall–Kier alpha value is -0.570. The molecule has 1 saturated heterocycles. The molecular weight excluding hydrogens is 418 g/mol. The second-order valence-electron chi connectivity index (χ2n) is 15.7. The number of nitrogens with zero attached hydrogens (tertiary/aromatic N) is 1. The highest BCUT2D eigenvalue weighted by Crippen LogP contribution is 2.77. The average molecular weight is 470 g/mol. The summed E-state index contributed by atoms with van der Waals surface area (Å²) in [5.74, 6) is 3.18. The van der Waals surface area contributed by atoms with Crippen LogP contribution in [0.1, 0.15) is 113 Å². The van der Waals surface area contributed by atoms with Crippen molar-refractivity contribution in [1.29, 1.82) is 0 Å². The van der Waals surface area contributed by atoms with Crippen molar-refractivity contribution in [1.82, 2.24) is 0 Å². The Labute approximate surface area is 209 Å². The molecule has 3 heteroatoms. The first-order valence-corrected chi connectivity index (χ1v) is 14.6. The highest BCUT2D eigenvalue weighted by Gasteiger charge is 2.72. The second kappa shape index (κ2) is 7.05. The fourth-order valence-electron chi connectivity index (χ4n) is 12.1. The van der Waals surface area contributed by atoms with Crippen molar-refractivity contribution in [3.63, 3.8) is 0 Å². The van der Waals surface area contributed by atoms with Gasteiger partial charge in [-0.3, -0.25) is 0 Å². The molecule has 0 aromatic heterocycles. The molecule has 6 fully saturated rings. The minimum absolute atomic E-state index is 0.138. The van der Waals surface area contributed by atoms with E-state index in [9.17, 15) is 0 Å². The van der Waals surface area contributed by atoms with Crippen molar-refractivity contribution in [3.8, 4) is 0 Å². The summed E-state index contributed by atoms with van der Waals surface area (Å²) in [4.78, 5) is 5.31. The SMILES string of the molecule is CO/N=C1\CC[C@]2(C)[C@H]3CC[C@@H]4[C@H]5[C@H]6OC[C@@]5(CCC6(C)C)CC[C@@]4(C)[C@]3(C)CC[C@H]2C1(C)C. The molecule has 192 valence electrons. The minimum atomic E-state index is 0.138. The summed E-state index contributed by atoms with van der Waals surface area (Å²) in [6.45, 7) is 19.2. The van der Waals surface area contributed by atoms with Crippen LogP contribution in [0.25, 0.3) is 0 Å². The maximum Gasteiger partial charge on any atom is 0.106 e. The third-order valence-electron chi connectivity index (χ3n) is 14.1. The van der Waals surface area contributed by atoms with E-state index >= 15 is 0 Å². The van der Waals surface area contributed by atoms with Gasteiger partial charge in [0.1, 0.15) is 7.11 Å². The summed E-state index contributed by atoms with van der Waals surface area (Å²) in [6.07, 6.45) is 14.1. The Bertz CT molecular complexity index is 892. The average Bonchev–Trinajstić information content (AvgIpc) is 3.10. The van der Waals surface area contributed by atoms with Gasteiger partial charge >= 0.3 is 0 Å². The van der Waals surface area contributed by atoms with Crippen molar-refractivity contribution in [2.75, 3.05) is 13.7 Å². The molecule has 6 rings (SSSR count). The first kappa shape index (κ1) is 23.8. The van der Waals surface area contributed by atoms with Gasteiger partial charge < -0.3 is 9.57 Å². The fourth-order valence-corrected chi connectivity index (χ4v) is 12.1. The molecule has 0 spiro atoms. The van der Waals surface area contributed by atoms with Crippen LogP contribution in [0.3, 0.4) is 0 Å². The normalized spacial score (nSPS) is 56.1. The number of oxime groups is 1. The van der Waals surface area contributed by atoms with Crippen molar-refractivity contribution < 1.29 is 9.57 Å². The van der Waals surface area contributed by atoms with Crippen molar-refractivity contribution in [2.24, 2.45) is 61.3 Å². The predicted octanol–water partition coefficient (Wildman–Crippen LogP) is 7.88. The van der Waals surface area contributed by atoms with E-state index in [2.05, 4.69) is 53.6 Å². The molecule has 6 aliphatic rings. The molecule has 0 radical (unpaired) electrons. The summed E-state index contributed by atoms with van der Waals surface area (Å²) < 4.78 is 6.74. The van der Waals surface area contributed by atoms with Gasteiger partial charge in [0.25, 0.3) is 0 Å². The zero-order valence-corrected chi connectivity index (χ0v) is 23.4. The van der Waals surface area contributed by atoms with E-state index in [4.69, 9.17) is 9.57 Å². The van der Waals surface area contributed by atoms with Crippen LogP contribution in [0.4, 0.5) is 0 Å². The topological polar surface area (TPSA) is 30.8 Å². The Morgan fingerprint density at radius 3 is 2.26 bits per heavy atom. The Morgan fingerprint density at radius 2 is 1.53 bits per heavy atom. The van der Waals surface area contributed by atoms with Crippen LogP contribution in [0.15, 0.2) is 5.16 Å². The molecule has 0 N–H and O–H groups in total. The van der Waals surface area contributed by atoms with Crippen LogP contribution >= 0.6 is 0 Å². The molecule has 1 heterocycles. The van der Waals surface area contributed by atoms with Gasteiger partial charge in [0, 0.05) is 5.41 Å². The molecular formula is C31H51NO2. The van der Waals surface area contributed by atoms with Gasteiger partial charge in [0.15, 0.2) is 0 Å². The molecule has 5 saturated carbocycles. The maximum atomic E-state index is 6.74. The van der Waals surface area contributed by atoms with E-state index in [0.717, 1.165) is 30.8 Å². The summed E-state index contributed by atoms with van der Waals surface area (Å²) in [5.41, 5.74) is 3.58. The maximum absolute atomic E-state index is 6.74. The number of hydrogen-bond acceptors (Lipinski definition) is 3. The Kier molecular flexibility index (Phi) is 4.93. The van der Waals surface area contributed by atoms with E-state index < -0.39 is 0 Å². The highest BCUT2D eigenvalue weighted by atomic mass is 16.6. The van der Waals surface area contributed by atoms with Gasteiger partial charge in [-0.1, -0.05) is 53.6 Å². The summed E-state index contributed by atoms with van der Waals surface area (Å²) in [5, 5.41) is 4.54. The van der Waals surface area contributed by atoms with Crippen molar-refractivity contribution in [3.05, 3.63) is 0 Å². The lowest BCUT2D eigenvalue weighted by Crippen LogP contribution is -2.67. The van der Waals surface area contributed by atoms with E-state index in [0.29, 0.717) is 39.1 Å². The molecule has 0 unspecified atom stereocenters. The van der Waals surface area contributed by atoms with Crippen molar-refractivity contribution >= 4 is 5.71 Å². The number of ether oxygens (including phenoxy) is 1. The number of hydrogen-bond donors (Lipinski definition) is 0. The second-order valence-corrected chi connectivity index (χ2v) is 15.7. The van der Waals surface area contributed by atoms with E-state index in [1.54, 1.807) is 7.11 Å². The molecule has 0 aromatic rings. The third-order valence-corrected chi connectivity index (χ3v) is 14.1. The zero-order valence-electron chi connectivity index (χ0n) is 23.4. The van der Waals surface area contributed by atoms with E-state index in [-0.39, 0.29) is 5.41 Å². The molecule has 0 amide bonds. The lowest BCUT2D eigenvalue weighted by molar-refractivity contribution is -0.235. The molecule has 2 bridgehead atoms. The molecule has 3 nitrogen and oxygen atoms in total. The van der Waals surface area contributed by atoms with Gasteiger partial charge in [0.05, 0.1) is 18.4 Å². The molecule has 9 atom stereocenters. The minimum Gasteiger partial charge on any atom is -0.399 e. The monoisotopic (exact) mass is 469 g/mol. The van der Waals surface area contributed by atoms with Crippen LogP contribution < -0.4 is 0 Å². The fraction of sp³-hybridized carbons (Fsp3) is 0.968. The standard InChI is InChI=1S/C31H51NO2/c1-26(2)15-17-31-18-16-29(6)20(24(31)25(26)34-19-31)9-10-22-28(5)13-12-23(32-33-8)27(3,4)21(28)11-14-30(22,29)7/h20-22,24-25H,9-19H2,1-8H3/b32-23+/t20-,21+,22-,24+,25-,28+,29-,30-,31-/m1/s1.